The number of anilines is 1. The Morgan fingerprint density at radius 1 is 1.15 bits per heavy atom. The van der Waals surface area contributed by atoms with Gasteiger partial charge in [-0.05, 0) is 62.0 Å². The van der Waals surface area contributed by atoms with Crippen molar-refractivity contribution in [2.45, 2.75) is 13.8 Å². The Bertz CT molecular complexity index is 925. The van der Waals surface area contributed by atoms with Crippen LogP contribution in [0.4, 0.5) is 11.4 Å². The van der Waals surface area contributed by atoms with E-state index < -0.39 is 17.7 Å². The molecule has 1 fully saturated rings. The van der Waals surface area contributed by atoms with Crippen molar-refractivity contribution in [2.24, 2.45) is 10.9 Å². The van der Waals surface area contributed by atoms with Crippen LogP contribution in [0.5, 0.6) is 0 Å². The number of carbonyl (C=O) groups is 2. The van der Waals surface area contributed by atoms with E-state index in [0.717, 1.165) is 15.6 Å². The van der Waals surface area contributed by atoms with Gasteiger partial charge in [0.25, 0.3) is 5.91 Å². The lowest BCUT2D eigenvalue weighted by molar-refractivity contribution is -0.130. The quantitative estimate of drug-likeness (QED) is 0.458. The van der Waals surface area contributed by atoms with Gasteiger partial charge < -0.3 is 5.32 Å². The van der Waals surface area contributed by atoms with E-state index in [-0.39, 0.29) is 5.11 Å². The number of benzene rings is 2. The number of carbonyl (C=O) groups excluding carboxylic acids is 2. The van der Waals surface area contributed by atoms with Gasteiger partial charge in [-0.15, -0.1) is 0 Å². The predicted molar refractivity (Wildman–Crippen MR) is 110 cm³/mol. The minimum Gasteiger partial charge on any atom is -0.301 e. The highest BCUT2D eigenvalue weighted by Crippen LogP contribution is 2.24. The molecule has 1 aliphatic heterocycles. The van der Waals surface area contributed by atoms with Gasteiger partial charge in [0.15, 0.2) is 11.0 Å². The molecule has 0 bridgehead atoms. The third kappa shape index (κ3) is 3.73. The van der Waals surface area contributed by atoms with Crippen LogP contribution in [0.15, 0.2) is 51.9 Å². The number of amides is 2. The highest BCUT2D eigenvalue weighted by atomic mass is 79.9. The van der Waals surface area contributed by atoms with E-state index in [2.05, 4.69) is 26.2 Å². The summed E-state index contributed by atoms with van der Waals surface area (Å²) in [5.41, 5.74) is 3.31. The number of hydrogen-bond acceptors (Lipinski definition) is 4. The first-order valence-electron chi connectivity index (χ1n) is 7.92. The Morgan fingerprint density at radius 3 is 2.50 bits per heavy atom. The fraction of sp³-hybridized carbons (Fsp3) is 0.158. The summed E-state index contributed by atoms with van der Waals surface area (Å²) in [6, 6.07) is 13.0. The molecule has 26 heavy (non-hydrogen) atoms. The van der Waals surface area contributed by atoms with Crippen LogP contribution in [0.2, 0.25) is 0 Å². The predicted octanol–water partition coefficient (Wildman–Crippen LogP) is 3.83. The van der Waals surface area contributed by atoms with Gasteiger partial charge in [-0.1, -0.05) is 33.6 Å². The molecule has 2 amide bonds. The Hall–Kier alpha value is -2.38. The number of hydrogen-bond donors (Lipinski definition) is 1. The first-order chi connectivity index (χ1) is 12.4. The third-order valence-corrected chi connectivity index (χ3v) is 4.79. The van der Waals surface area contributed by atoms with Crippen molar-refractivity contribution in [3.8, 4) is 0 Å². The summed E-state index contributed by atoms with van der Waals surface area (Å²) in [5.74, 6) is -1.92. The number of aryl methyl sites for hydroxylation is 2. The molecule has 3 rings (SSSR count). The second-order valence-electron chi connectivity index (χ2n) is 5.99. The largest absolute Gasteiger partial charge is 0.301 e. The number of nitrogens with zero attached hydrogens (tertiary/aromatic N) is 2. The van der Waals surface area contributed by atoms with E-state index in [1.807, 2.05) is 44.2 Å². The number of thiocarbonyl (C=S) groups is 1. The Morgan fingerprint density at radius 2 is 1.85 bits per heavy atom. The van der Waals surface area contributed by atoms with Gasteiger partial charge in [-0.25, -0.2) is 0 Å². The Labute approximate surface area is 165 Å². The molecule has 1 aliphatic rings. The molecule has 132 valence electrons. The van der Waals surface area contributed by atoms with Gasteiger partial charge in [-0.3, -0.25) is 19.5 Å². The van der Waals surface area contributed by atoms with Crippen LogP contribution in [0.1, 0.15) is 11.1 Å². The van der Waals surface area contributed by atoms with Gasteiger partial charge in [0.1, 0.15) is 0 Å². The summed E-state index contributed by atoms with van der Waals surface area (Å²) < 4.78 is 0.941. The molecule has 7 heteroatoms. The standard InChI is InChI=1S/C19H16BrN3O2S/c1-11-3-6-14(7-4-11)23-18(25)15(17(24)22-19(23)26)10-21-16-8-5-13(20)9-12(16)2/h3-10,15H,1-2H3,(H,22,24,26)/t15-/m1/s1. The first kappa shape index (κ1) is 18.4. The molecule has 2 aromatic rings. The molecule has 1 saturated heterocycles. The van der Waals surface area contributed by atoms with Crippen LogP contribution in [-0.4, -0.2) is 23.1 Å². The zero-order valence-electron chi connectivity index (χ0n) is 14.2. The van der Waals surface area contributed by atoms with Gasteiger partial charge >= 0.3 is 0 Å². The topological polar surface area (TPSA) is 61.8 Å². The molecule has 1 heterocycles. The van der Waals surface area contributed by atoms with E-state index in [1.54, 1.807) is 12.1 Å². The van der Waals surface area contributed by atoms with E-state index in [9.17, 15) is 9.59 Å². The lowest BCUT2D eigenvalue weighted by atomic mass is 10.1. The monoisotopic (exact) mass is 429 g/mol. The average molecular weight is 430 g/mol. The molecular weight excluding hydrogens is 414 g/mol. The van der Waals surface area contributed by atoms with E-state index in [4.69, 9.17) is 12.2 Å². The first-order valence-corrected chi connectivity index (χ1v) is 9.13. The van der Waals surface area contributed by atoms with Crippen molar-refractivity contribution < 1.29 is 9.59 Å². The van der Waals surface area contributed by atoms with Crippen molar-refractivity contribution in [1.82, 2.24) is 5.32 Å². The molecule has 0 aromatic heterocycles. The maximum absolute atomic E-state index is 12.9. The third-order valence-electron chi connectivity index (χ3n) is 4.02. The smallest absolute Gasteiger partial charge is 0.251 e. The Balaban J connectivity index is 1.90. The van der Waals surface area contributed by atoms with Crippen LogP contribution in [0.25, 0.3) is 0 Å². The molecule has 0 spiro atoms. The fourth-order valence-corrected chi connectivity index (χ4v) is 3.35. The highest BCUT2D eigenvalue weighted by molar-refractivity contribution is 9.10. The number of nitrogens with one attached hydrogen (secondary N) is 1. The summed E-state index contributed by atoms with van der Waals surface area (Å²) in [7, 11) is 0. The molecule has 1 N–H and O–H groups in total. The summed E-state index contributed by atoms with van der Waals surface area (Å²) >= 11 is 8.58. The van der Waals surface area contributed by atoms with E-state index in [0.29, 0.717) is 11.4 Å². The van der Waals surface area contributed by atoms with Crippen molar-refractivity contribution >= 4 is 62.7 Å². The van der Waals surface area contributed by atoms with Crippen LogP contribution in [0, 0.1) is 19.8 Å². The van der Waals surface area contributed by atoms with Crippen molar-refractivity contribution in [1.29, 1.82) is 0 Å². The second-order valence-corrected chi connectivity index (χ2v) is 7.29. The summed E-state index contributed by atoms with van der Waals surface area (Å²) in [6.45, 7) is 3.87. The summed E-state index contributed by atoms with van der Waals surface area (Å²) in [6.07, 6.45) is 1.37. The normalized spacial score (nSPS) is 17.7. The van der Waals surface area contributed by atoms with Crippen LogP contribution in [0.3, 0.4) is 0 Å². The Kier molecular flexibility index (Phi) is 5.29. The van der Waals surface area contributed by atoms with Gasteiger partial charge in [0.2, 0.25) is 5.91 Å². The van der Waals surface area contributed by atoms with Crippen LogP contribution in [-0.2, 0) is 9.59 Å². The number of halogens is 1. The fourth-order valence-electron chi connectivity index (χ4n) is 2.58. The second kappa shape index (κ2) is 7.47. The zero-order valence-corrected chi connectivity index (χ0v) is 16.6. The molecule has 5 nitrogen and oxygen atoms in total. The van der Waals surface area contributed by atoms with E-state index >= 15 is 0 Å². The van der Waals surface area contributed by atoms with Crippen LogP contribution >= 0.6 is 28.1 Å². The van der Waals surface area contributed by atoms with Crippen LogP contribution < -0.4 is 10.2 Å². The SMILES string of the molecule is Cc1ccc(N2C(=O)[C@H](C=Nc3ccc(Br)cc3C)C(=O)NC2=S)cc1. The zero-order chi connectivity index (χ0) is 18.8. The molecule has 0 radical (unpaired) electrons. The maximum Gasteiger partial charge on any atom is 0.251 e. The lowest BCUT2D eigenvalue weighted by Crippen LogP contribution is -2.58. The van der Waals surface area contributed by atoms with Crippen molar-refractivity contribution in [3.05, 3.63) is 58.1 Å². The van der Waals surface area contributed by atoms with Crippen molar-refractivity contribution in [3.63, 3.8) is 0 Å². The van der Waals surface area contributed by atoms with Crippen molar-refractivity contribution in [2.75, 3.05) is 4.90 Å². The number of aliphatic imine (C=N–C) groups is 1. The summed E-state index contributed by atoms with van der Waals surface area (Å²) in [4.78, 5) is 30.8. The highest BCUT2D eigenvalue weighted by Gasteiger charge is 2.38. The van der Waals surface area contributed by atoms with Gasteiger partial charge in [-0.2, -0.15) is 0 Å². The van der Waals surface area contributed by atoms with Gasteiger partial charge in [0.05, 0.1) is 11.4 Å². The molecule has 1 atom stereocenters. The maximum atomic E-state index is 12.9. The summed E-state index contributed by atoms with van der Waals surface area (Å²) in [5, 5.41) is 2.66. The number of rotatable bonds is 3. The minimum absolute atomic E-state index is 0.0772. The lowest BCUT2D eigenvalue weighted by Gasteiger charge is -2.31. The molecule has 2 aromatic carbocycles. The molecule has 0 aliphatic carbocycles. The average Bonchev–Trinajstić information content (AvgIpc) is 2.57. The minimum atomic E-state index is -1.04. The molecule has 0 saturated carbocycles. The van der Waals surface area contributed by atoms with E-state index in [1.165, 1.54) is 11.1 Å². The molecule has 0 unspecified atom stereocenters. The molecular formula is C19H16BrN3O2S. The van der Waals surface area contributed by atoms with Gasteiger partial charge in [0, 0.05) is 10.7 Å².